The summed E-state index contributed by atoms with van der Waals surface area (Å²) in [6.07, 6.45) is 3.63. The normalized spacial score (nSPS) is 10.5. The van der Waals surface area contributed by atoms with Crippen molar-refractivity contribution in [2.45, 2.75) is 13.5 Å². The number of nitrogens with two attached hydrogens (primary N) is 1. The van der Waals surface area contributed by atoms with Crippen LogP contribution in [-0.2, 0) is 6.54 Å². The minimum Gasteiger partial charge on any atom is -0.269 e. The maximum atomic E-state index is 5.51. The molecule has 0 aromatic carbocycles. The van der Waals surface area contributed by atoms with Crippen molar-refractivity contribution in [1.29, 1.82) is 0 Å². The van der Waals surface area contributed by atoms with Gasteiger partial charge in [-0.1, -0.05) is 0 Å². The Morgan fingerprint density at radius 3 is 2.91 bits per heavy atom. The van der Waals surface area contributed by atoms with Crippen molar-refractivity contribution in [3.05, 3.63) is 29.6 Å². The van der Waals surface area contributed by atoms with E-state index in [1.54, 1.807) is 11.2 Å². The Morgan fingerprint density at radius 2 is 2.36 bits per heavy atom. The van der Waals surface area contributed by atoms with Gasteiger partial charge in [-0.05, 0) is 24.1 Å². The zero-order valence-corrected chi connectivity index (χ0v) is 6.91. The van der Waals surface area contributed by atoms with Crippen LogP contribution < -0.4 is 5.84 Å². The molecule has 0 bridgehead atoms. The number of aromatic nitrogens is 1. The van der Waals surface area contributed by atoms with Gasteiger partial charge in [0.2, 0.25) is 0 Å². The summed E-state index contributed by atoms with van der Waals surface area (Å²) in [6.45, 7) is 2.81. The first-order valence-corrected chi connectivity index (χ1v) is 3.55. The van der Waals surface area contributed by atoms with E-state index in [9.17, 15) is 0 Å². The lowest BCUT2D eigenvalue weighted by atomic mass is 10.1. The molecular weight excluding hydrogens is 138 g/mol. The standard InChI is InChI=1S/C8H13N3/c1-7-5-10-4-3-8(7)6-11(2)9/h3-5H,6,9H2,1-2H3. The summed E-state index contributed by atoms with van der Waals surface area (Å²) in [5.74, 6) is 5.51. The van der Waals surface area contributed by atoms with Crippen LogP contribution in [0, 0.1) is 6.92 Å². The highest BCUT2D eigenvalue weighted by atomic mass is 15.4. The first-order valence-electron chi connectivity index (χ1n) is 3.55. The second kappa shape index (κ2) is 3.46. The van der Waals surface area contributed by atoms with Crippen molar-refractivity contribution >= 4 is 0 Å². The van der Waals surface area contributed by atoms with Crippen LogP contribution in [0.2, 0.25) is 0 Å². The lowest BCUT2D eigenvalue weighted by molar-refractivity contribution is 0.341. The van der Waals surface area contributed by atoms with Crippen molar-refractivity contribution < 1.29 is 0 Å². The summed E-state index contributed by atoms with van der Waals surface area (Å²) in [5.41, 5.74) is 2.41. The van der Waals surface area contributed by atoms with Crippen LogP contribution in [0.1, 0.15) is 11.1 Å². The summed E-state index contributed by atoms with van der Waals surface area (Å²) in [5, 5.41) is 1.66. The lowest BCUT2D eigenvalue weighted by Crippen LogP contribution is -2.25. The van der Waals surface area contributed by atoms with Gasteiger partial charge < -0.3 is 0 Å². The third-order valence-corrected chi connectivity index (χ3v) is 1.56. The van der Waals surface area contributed by atoms with Crippen LogP contribution >= 0.6 is 0 Å². The number of rotatable bonds is 2. The molecule has 0 aliphatic heterocycles. The van der Waals surface area contributed by atoms with Gasteiger partial charge in [0.05, 0.1) is 0 Å². The molecule has 3 heteroatoms. The molecule has 60 valence electrons. The maximum Gasteiger partial charge on any atom is 0.0379 e. The Kier molecular flexibility index (Phi) is 2.57. The molecule has 0 fully saturated rings. The summed E-state index contributed by atoms with van der Waals surface area (Å²) in [6, 6.07) is 1.98. The summed E-state index contributed by atoms with van der Waals surface area (Å²) < 4.78 is 0. The topological polar surface area (TPSA) is 42.2 Å². The van der Waals surface area contributed by atoms with Crippen molar-refractivity contribution in [3.63, 3.8) is 0 Å². The molecular formula is C8H13N3. The summed E-state index contributed by atoms with van der Waals surface area (Å²) in [7, 11) is 1.85. The Bertz CT molecular complexity index is 233. The highest BCUT2D eigenvalue weighted by Crippen LogP contribution is 2.05. The number of aryl methyl sites for hydroxylation is 1. The molecule has 0 saturated heterocycles. The zero-order valence-electron chi connectivity index (χ0n) is 6.91. The molecule has 0 atom stereocenters. The molecule has 0 spiro atoms. The predicted octanol–water partition coefficient (Wildman–Crippen LogP) is 0.696. The zero-order chi connectivity index (χ0) is 8.27. The SMILES string of the molecule is Cc1cnccc1CN(C)N. The van der Waals surface area contributed by atoms with E-state index in [1.807, 2.05) is 26.2 Å². The van der Waals surface area contributed by atoms with Crippen LogP contribution in [0.4, 0.5) is 0 Å². The number of pyridine rings is 1. The minimum atomic E-state index is 0.772. The van der Waals surface area contributed by atoms with Gasteiger partial charge in [-0.25, -0.2) is 5.01 Å². The molecule has 1 aromatic heterocycles. The molecule has 3 nitrogen and oxygen atoms in total. The smallest absolute Gasteiger partial charge is 0.0379 e. The average molecular weight is 151 g/mol. The van der Waals surface area contributed by atoms with Gasteiger partial charge in [-0.3, -0.25) is 10.8 Å². The first kappa shape index (κ1) is 8.17. The molecule has 2 N–H and O–H groups in total. The number of hydrogen-bond donors (Lipinski definition) is 1. The van der Waals surface area contributed by atoms with Crippen molar-refractivity contribution in [2.75, 3.05) is 7.05 Å². The van der Waals surface area contributed by atoms with E-state index in [4.69, 9.17) is 5.84 Å². The molecule has 0 amide bonds. The van der Waals surface area contributed by atoms with Gasteiger partial charge in [-0.2, -0.15) is 0 Å². The Hall–Kier alpha value is -0.930. The fraction of sp³-hybridized carbons (Fsp3) is 0.375. The largest absolute Gasteiger partial charge is 0.269 e. The predicted molar refractivity (Wildman–Crippen MR) is 44.6 cm³/mol. The van der Waals surface area contributed by atoms with Gasteiger partial charge in [-0.15, -0.1) is 0 Å². The van der Waals surface area contributed by atoms with Crippen LogP contribution in [0.25, 0.3) is 0 Å². The second-order valence-electron chi connectivity index (χ2n) is 2.72. The molecule has 1 rings (SSSR count). The molecule has 11 heavy (non-hydrogen) atoms. The molecule has 0 radical (unpaired) electrons. The van der Waals surface area contributed by atoms with E-state index in [0.717, 1.165) is 6.54 Å². The van der Waals surface area contributed by atoms with Gasteiger partial charge in [0.25, 0.3) is 0 Å². The molecule has 1 heterocycles. The molecule has 0 saturated carbocycles. The molecule has 0 unspecified atom stereocenters. The molecule has 0 aliphatic carbocycles. The van der Waals surface area contributed by atoms with Gasteiger partial charge in [0.1, 0.15) is 0 Å². The van der Waals surface area contributed by atoms with Gasteiger partial charge in [0, 0.05) is 26.0 Å². The van der Waals surface area contributed by atoms with Crippen LogP contribution in [-0.4, -0.2) is 17.0 Å². The highest BCUT2D eigenvalue weighted by molar-refractivity contribution is 5.20. The van der Waals surface area contributed by atoms with Crippen molar-refractivity contribution in [1.82, 2.24) is 9.99 Å². The fourth-order valence-corrected chi connectivity index (χ4v) is 0.948. The average Bonchev–Trinajstić information content (AvgIpc) is 1.93. The Balaban J connectivity index is 2.78. The van der Waals surface area contributed by atoms with E-state index >= 15 is 0 Å². The van der Waals surface area contributed by atoms with Crippen LogP contribution in [0.15, 0.2) is 18.5 Å². The fourth-order valence-electron chi connectivity index (χ4n) is 0.948. The van der Waals surface area contributed by atoms with Crippen LogP contribution in [0.3, 0.4) is 0 Å². The minimum absolute atomic E-state index is 0.772. The second-order valence-corrected chi connectivity index (χ2v) is 2.72. The maximum absolute atomic E-state index is 5.51. The summed E-state index contributed by atoms with van der Waals surface area (Å²) in [4.78, 5) is 3.99. The van der Waals surface area contributed by atoms with E-state index in [1.165, 1.54) is 11.1 Å². The lowest BCUT2D eigenvalue weighted by Gasteiger charge is -2.10. The van der Waals surface area contributed by atoms with Gasteiger partial charge in [0.15, 0.2) is 0 Å². The highest BCUT2D eigenvalue weighted by Gasteiger charge is 1.97. The van der Waals surface area contributed by atoms with E-state index in [0.29, 0.717) is 0 Å². The quantitative estimate of drug-likeness (QED) is 0.499. The number of hydrogen-bond acceptors (Lipinski definition) is 3. The molecule has 0 aliphatic rings. The molecule has 1 aromatic rings. The third-order valence-electron chi connectivity index (χ3n) is 1.56. The van der Waals surface area contributed by atoms with E-state index in [-0.39, 0.29) is 0 Å². The summed E-state index contributed by atoms with van der Waals surface area (Å²) >= 11 is 0. The Labute approximate surface area is 66.8 Å². The van der Waals surface area contributed by atoms with Crippen LogP contribution in [0.5, 0.6) is 0 Å². The first-order chi connectivity index (χ1) is 5.20. The van der Waals surface area contributed by atoms with Gasteiger partial charge >= 0.3 is 0 Å². The van der Waals surface area contributed by atoms with E-state index < -0.39 is 0 Å². The monoisotopic (exact) mass is 151 g/mol. The third kappa shape index (κ3) is 2.29. The number of nitrogens with zero attached hydrogens (tertiary/aromatic N) is 2. The van der Waals surface area contributed by atoms with E-state index in [2.05, 4.69) is 4.98 Å². The number of hydrazine groups is 1. The van der Waals surface area contributed by atoms with Crippen molar-refractivity contribution in [3.8, 4) is 0 Å². The van der Waals surface area contributed by atoms with Crippen molar-refractivity contribution in [2.24, 2.45) is 5.84 Å². The Morgan fingerprint density at radius 1 is 1.64 bits per heavy atom.